The van der Waals surface area contributed by atoms with Crippen molar-refractivity contribution in [3.05, 3.63) is 47.5 Å². The highest BCUT2D eigenvalue weighted by atomic mass is 19.4. The minimum Gasteiger partial charge on any atom is -0.513 e. The van der Waals surface area contributed by atoms with Crippen molar-refractivity contribution >= 4 is 6.08 Å². The monoisotopic (exact) mass is 229 g/mol. The second kappa shape index (κ2) is 4.83. The van der Waals surface area contributed by atoms with Crippen LogP contribution in [-0.4, -0.2) is 10.1 Å². The first-order valence-electron chi connectivity index (χ1n) is 4.47. The predicted octanol–water partition coefficient (Wildman–Crippen LogP) is 3.58. The van der Waals surface area contributed by atoms with Gasteiger partial charge in [0.1, 0.15) is 5.69 Å². The third kappa shape index (κ3) is 3.76. The number of hydrogen-bond donors (Lipinski definition) is 1. The molecule has 16 heavy (non-hydrogen) atoms. The zero-order valence-corrected chi connectivity index (χ0v) is 8.49. The maximum atomic E-state index is 12.2. The lowest BCUT2D eigenvalue weighted by Crippen LogP contribution is -2.07. The van der Waals surface area contributed by atoms with Gasteiger partial charge in [-0.3, -0.25) is 4.98 Å². The average Bonchev–Trinajstić information content (AvgIpc) is 2.16. The van der Waals surface area contributed by atoms with Gasteiger partial charge in [0.15, 0.2) is 0 Å². The van der Waals surface area contributed by atoms with Gasteiger partial charge in [-0.2, -0.15) is 13.2 Å². The Kier molecular flexibility index (Phi) is 3.71. The number of aliphatic hydroxyl groups is 1. The van der Waals surface area contributed by atoms with E-state index in [0.29, 0.717) is 5.56 Å². The molecule has 0 saturated heterocycles. The van der Waals surface area contributed by atoms with Crippen LogP contribution in [0.4, 0.5) is 13.2 Å². The molecular formula is C11H10F3NO. The zero-order valence-electron chi connectivity index (χ0n) is 8.49. The van der Waals surface area contributed by atoms with Crippen LogP contribution in [0.2, 0.25) is 0 Å². The smallest absolute Gasteiger partial charge is 0.433 e. The zero-order chi connectivity index (χ0) is 12.2. The molecule has 0 aliphatic heterocycles. The van der Waals surface area contributed by atoms with Crippen LogP contribution in [-0.2, 0) is 6.18 Å². The molecule has 1 heterocycles. The largest absolute Gasteiger partial charge is 0.513 e. The number of nitrogens with zero attached hydrogens (tertiary/aromatic N) is 1. The summed E-state index contributed by atoms with van der Waals surface area (Å²) in [5, 5.41) is 8.83. The fourth-order valence-corrected chi connectivity index (χ4v) is 0.970. The van der Waals surface area contributed by atoms with E-state index in [2.05, 4.69) is 4.98 Å². The van der Waals surface area contributed by atoms with Crippen molar-refractivity contribution in [2.45, 2.75) is 13.1 Å². The standard InChI is InChI=1S/C11H10F3NO/c1-8(16)3-2-4-9-5-6-10(15-7-9)11(12,13)14/h2-7,16H,1H3/b4-2-,8-3+. The average molecular weight is 229 g/mol. The highest BCUT2D eigenvalue weighted by Gasteiger charge is 2.31. The lowest BCUT2D eigenvalue weighted by atomic mass is 10.2. The van der Waals surface area contributed by atoms with Crippen LogP contribution in [0, 0.1) is 0 Å². The number of hydrogen-bond acceptors (Lipinski definition) is 2. The number of rotatable bonds is 2. The Labute approximate surface area is 90.8 Å². The van der Waals surface area contributed by atoms with Crippen molar-refractivity contribution in [2.75, 3.05) is 0 Å². The van der Waals surface area contributed by atoms with Crippen molar-refractivity contribution in [1.82, 2.24) is 4.98 Å². The molecule has 0 saturated carbocycles. The van der Waals surface area contributed by atoms with E-state index in [9.17, 15) is 13.2 Å². The van der Waals surface area contributed by atoms with Crippen molar-refractivity contribution < 1.29 is 18.3 Å². The molecule has 0 amide bonds. The number of aromatic nitrogens is 1. The summed E-state index contributed by atoms with van der Waals surface area (Å²) in [6.45, 7) is 1.50. The number of aliphatic hydroxyl groups excluding tert-OH is 1. The van der Waals surface area contributed by atoms with Crippen LogP contribution in [0.1, 0.15) is 18.2 Å². The van der Waals surface area contributed by atoms with E-state index in [0.717, 1.165) is 12.3 Å². The molecule has 0 fully saturated rings. The molecule has 1 aromatic heterocycles. The molecule has 0 radical (unpaired) electrons. The molecular weight excluding hydrogens is 219 g/mol. The van der Waals surface area contributed by atoms with Crippen LogP contribution in [0.3, 0.4) is 0 Å². The van der Waals surface area contributed by atoms with E-state index >= 15 is 0 Å². The van der Waals surface area contributed by atoms with Gasteiger partial charge in [0.25, 0.3) is 0 Å². The molecule has 0 unspecified atom stereocenters. The Morgan fingerprint density at radius 3 is 2.50 bits per heavy atom. The molecule has 0 spiro atoms. The third-order valence-electron chi connectivity index (χ3n) is 1.70. The lowest BCUT2D eigenvalue weighted by molar-refractivity contribution is -0.141. The third-order valence-corrected chi connectivity index (χ3v) is 1.70. The summed E-state index contributed by atoms with van der Waals surface area (Å²) in [7, 11) is 0. The molecule has 0 aliphatic carbocycles. The fraction of sp³-hybridized carbons (Fsp3) is 0.182. The van der Waals surface area contributed by atoms with Gasteiger partial charge in [-0.05, 0) is 24.6 Å². The van der Waals surface area contributed by atoms with Crippen molar-refractivity contribution in [1.29, 1.82) is 0 Å². The van der Waals surface area contributed by atoms with E-state index in [-0.39, 0.29) is 5.76 Å². The molecule has 5 heteroatoms. The van der Waals surface area contributed by atoms with Gasteiger partial charge in [0, 0.05) is 6.20 Å². The number of allylic oxidation sites excluding steroid dienone is 3. The maximum Gasteiger partial charge on any atom is 0.433 e. The second-order valence-corrected chi connectivity index (χ2v) is 3.14. The Morgan fingerprint density at radius 1 is 1.38 bits per heavy atom. The maximum absolute atomic E-state index is 12.2. The predicted molar refractivity (Wildman–Crippen MR) is 54.7 cm³/mol. The van der Waals surface area contributed by atoms with E-state index in [4.69, 9.17) is 5.11 Å². The summed E-state index contributed by atoms with van der Waals surface area (Å²) in [6, 6.07) is 2.22. The van der Waals surface area contributed by atoms with Crippen LogP contribution in [0.15, 0.2) is 36.2 Å². The van der Waals surface area contributed by atoms with Crippen molar-refractivity contribution in [3.63, 3.8) is 0 Å². The Balaban J connectivity index is 2.80. The highest BCUT2D eigenvalue weighted by molar-refractivity contribution is 5.50. The summed E-state index contributed by atoms with van der Waals surface area (Å²) in [5.74, 6) is 0.121. The molecule has 1 rings (SSSR count). The molecule has 0 bridgehead atoms. The molecule has 1 aromatic rings. The van der Waals surface area contributed by atoms with Crippen LogP contribution >= 0.6 is 0 Å². The molecule has 1 N–H and O–H groups in total. The molecule has 0 aliphatic rings. The topological polar surface area (TPSA) is 33.1 Å². The number of alkyl halides is 3. The van der Waals surface area contributed by atoms with Gasteiger partial charge in [0.2, 0.25) is 0 Å². The van der Waals surface area contributed by atoms with Crippen molar-refractivity contribution in [2.24, 2.45) is 0 Å². The Hall–Kier alpha value is -1.78. The van der Waals surface area contributed by atoms with Crippen LogP contribution in [0.5, 0.6) is 0 Å². The van der Waals surface area contributed by atoms with E-state index in [1.165, 1.54) is 25.1 Å². The Bertz CT molecular complexity index is 400. The fourth-order valence-electron chi connectivity index (χ4n) is 0.970. The summed E-state index contributed by atoms with van der Waals surface area (Å²) >= 11 is 0. The van der Waals surface area contributed by atoms with Gasteiger partial charge in [-0.1, -0.05) is 18.2 Å². The number of halogens is 3. The van der Waals surface area contributed by atoms with E-state index in [1.54, 1.807) is 6.08 Å². The minimum atomic E-state index is -4.41. The van der Waals surface area contributed by atoms with E-state index < -0.39 is 11.9 Å². The van der Waals surface area contributed by atoms with Gasteiger partial charge in [-0.15, -0.1) is 0 Å². The van der Waals surface area contributed by atoms with Crippen LogP contribution in [0.25, 0.3) is 6.08 Å². The van der Waals surface area contributed by atoms with Crippen LogP contribution < -0.4 is 0 Å². The highest BCUT2D eigenvalue weighted by Crippen LogP contribution is 2.27. The first-order chi connectivity index (χ1) is 7.39. The first kappa shape index (κ1) is 12.3. The molecule has 0 aromatic carbocycles. The van der Waals surface area contributed by atoms with Gasteiger partial charge >= 0.3 is 6.18 Å². The molecule has 2 nitrogen and oxygen atoms in total. The summed E-state index contributed by atoms with van der Waals surface area (Å²) in [4.78, 5) is 3.29. The molecule has 86 valence electrons. The SMILES string of the molecule is C/C(O)=C\C=C/c1ccc(C(F)(F)F)nc1. The van der Waals surface area contributed by atoms with Crippen molar-refractivity contribution in [3.8, 4) is 0 Å². The normalized spacial score (nSPS) is 13.4. The summed E-state index contributed by atoms with van der Waals surface area (Å²) < 4.78 is 36.5. The van der Waals surface area contributed by atoms with E-state index in [1.807, 2.05) is 0 Å². The Morgan fingerprint density at radius 2 is 2.06 bits per heavy atom. The first-order valence-corrected chi connectivity index (χ1v) is 4.47. The number of pyridine rings is 1. The minimum absolute atomic E-state index is 0.121. The molecule has 0 atom stereocenters. The van der Waals surface area contributed by atoms with Gasteiger partial charge in [0.05, 0.1) is 5.76 Å². The lowest BCUT2D eigenvalue weighted by Gasteiger charge is -2.04. The quantitative estimate of drug-likeness (QED) is 0.621. The summed E-state index contributed by atoms with van der Waals surface area (Å²) in [5.41, 5.74) is -0.385. The van der Waals surface area contributed by atoms with Gasteiger partial charge in [-0.25, -0.2) is 0 Å². The second-order valence-electron chi connectivity index (χ2n) is 3.14. The van der Waals surface area contributed by atoms with Gasteiger partial charge < -0.3 is 5.11 Å². The summed E-state index contributed by atoms with van der Waals surface area (Å²) in [6.07, 6.45) is 1.22.